The molecule has 0 spiro atoms. The number of para-hydroxylation sites is 1. The molecule has 0 saturated heterocycles. The molecule has 1 aliphatic rings. The number of aromatic nitrogens is 3. The number of nitrogens with zero attached hydrogens (tertiary/aromatic N) is 5. The zero-order valence-corrected chi connectivity index (χ0v) is 15.2. The topological polar surface area (TPSA) is 70.4 Å². The fourth-order valence-electron chi connectivity index (χ4n) is 3.13. The van der Waals surface area contributed by atoms with E-state index in [1.165, 1.54) is 11.3 Å². The average molecular weight is 341 g/mol. The van der Waals surface area contributed by atoms with Crippen molar-refractivity contribution in [3.63, 3.8) is 0 Å². The first-order chi connectivity index (χ1) is 12.2. The highest BCUT2D eigenvalue weighted by molar-refractivity contribution is 5.79. The molecule has 2 heterocycles. The molecule has 2 aromatic rings. The quantitative estimate of drug-likeness (QED) is 0.613. The van der Waals surface area contributed by atoms with Crippen molar-refractivity contribution in [2.24, 2.45) is 12.0 Å². The largest absolute Gasteiger partial charge is 0.366 e. The predicted molar refractivity (Wildman–Crippen MR) is 101 cm³/mol. The highest BCUT2D eigenvalue weighted by Crippen LogP contribution is 2.28. The lowest BCUT2D eigenvalue weighted by Gasteiger charge is -2.28. The van der Waals surface area contributed by atoms with Gasteiger partial charge in [-0.1, -0.05) is 18.2 Å². The van der Waals surface area contributed by atoms with E-state index < -0.39 is 0 Å². The number of rotatable bonds is 6. The van der Waals surface area contributed by atoms with Crippen molar-refractivity contribution in [3.8, 4) is 0 Å². The number of benzene rings is 1. The summed E-state index contributed by atoms with van der Waals surface area (Å²) in [6, 6.07) is 9.06. The fourth-order valence-corrected chi connectivity index (χ4v) is 3.13. The molecule has 1 aromatic carbocycles. The van der Waals surface area contributed by atoms with Gasteiger partial charge in [0.15, 0.2) is 5.96 Å². The highest BCUT2D eigenvalue weighted by Gasteiger charge is 2.22. The van der Waals surface area contributed by atoms with Crippen molar-refractivity contribution in [2.75, 3.05) is 24.5 Å². The van der Waals surface area contributed by atoms with E-state index in [-0.39, 0.29) is 0 Å². The molecule has 1 atom stereocenters. The van der Waals surface area contributed by atoms with Crippen molar-refractivity contribution in [2.45, 2.75) is 32.9 Å². The first-order valence-corrected chi connectivity index (χ1v) is 8.88. The molecule has 0 radical (unpaired) electrons. The van der Waals surface area contributed by atoms with Crippen LogP contribution in [0.25, 0.3) is 0 Å². The summed E-state index contributed by atoms with van der Waals surface area (Å²) in [4.78, 5) is 11.3. The van der Waals surface area contributed by atoms with Gasteiger partial charge in [-0.05, 0) is 31.9 Å². The first-order valence-electron chi connectivity index (χ1n) is 8.88. The van der Waals surface area contributed by atoms with E-state index in [1.54, 1.807) is 11.0 Å². The zero-order chi connectivity index (χ0) is 17.6. The SMILES string of the molecule is CCNC(=NCc1ncnn1C)NCC(C)N1CCc2ccccc21. The number of aryl methyl sites for hydroxylation is 1. The molecule has 7 nitrogen and oxygen atoms in total. The molecule has 3 rings (SSSR count). The third-order valence-electron chi connectivity index (χ3n) is 4.55. The molecule has 2 N–H and O–H groups in total. The Hall–Kier alpha value is -2.57. The second-order valence-corrected chi connectivity index (χ2v) is 6.30. The van der Waals surface area contributed by atoms with Crippen molar-refractivity contribution >= 4 is 11.6 Å². The van der Waals surface area contributed by atoms with E-state index in [0.29, 0.717) is 12.6 Å². The van der Waals surface area contributed by atoms with Gasteiger partial charge in [-0.3, -0.25) is 4.68 Å². The van der Waals surface area contributed by atoms with Crippen LogP contribution in [0.4, 0.5) is 5.69 Å². The fraction of sp³-hybridized carbons (Fsp3) is 0.500. The van der Waals surface area contributed by atoms with E-state index in [2.05, 4.69) is 68.7 Å². The van der Waals surface area contributed by atoms with Crippen LogP contribution in [-0.2, 0) is 20.0 Å². The van der Waals surface area contributed by atoms with Crippen LogP contribution in [0, 0.1) is 0 Å². The maximum absolute atomic E-state index is 4.61. The number of hydrogen-bond acceptors (Lipinski definition) is 4. The van der Waals surface area contributed by atoms with Crippen molar-refractivity contribution in [1.29, 1.82) is 0 Å². The Bertz CT molecular complexity index is 722. The Labute approximate surface area is 149 Å². The summed E-state index contributed by atoms with van der Waals surface area (Å²) in [6.45, 7) is 7.56. The maximum atomic E-state index is 4.61. The number of nitrogens with one attached hydrogen (secondary N) is 2. The Morgan fingerprint density at radius 2 is 2.16 bits per heavy atom. The number of guanidine groups is 1. The first kappa shape index (κ1) is 17.3. The monoisotopic (exact) mass is 341 g/mol. The van der Waals surface area contributed by atoms with Crippen LogP contribution >= 0.6 is 0 Å². The van der Waals surface area contributed by atoms with Crippen LogP contribution in [0.15, 0.2) is 35.6 Å². The predicted octanol–water partition coefficient (Wildman–Crippen LogP) is 1.32. The molecular weight excluding hydrogens is 314 g/mol. The zero-order valence-electron chi connectivity index (χ0n) is 15.2. The molecule has 134 valence electrons. The average Bonchev–Trinajstić information content (AvgIpc) is 3.23. The van der Waals surface area contributed by atoms with E-state index in [4.69, 9.17) is 0 Å². The number of fused-ring (bicyclic) bond motifs is 1. The molecule has 1 aromatic heterocycles. The summed E-state index contributed by atoms with van der Waals surface area (Å²) in [5.74, 6) is 1.66. The molecule has 0 aliphatic carbocycles. The summed E-state index contributed by atoms with van der Waals surface area (Å²) in [7, 11) is 1.88. The second-order valence-electron chi connectivity index (χ2n) is 6.30. The standard InChI is InChI=1S/C18H27N7/c1-4-19-18(21-12-17-22-13-23-24(17)3)20-11-14(2)25-10-9-15-7-5-6-8-16(15)25/h5-8,13-14H,4,9-12H2,1-3H3,(H2,19,20,21). The lowest BCUT2D eigenvalue weighted by molar-refractivity contribution is 0.624. The van der Waals surface area contributed by atoms with Crippen LogP contribution in [0.1, 0.15) is 25.2 Å². The molecular formula is C18H27N7. The van der Waals surface area contributed by atoms with Crippen molar-refractivity contribution in [3.05, 3.63) is 42.0 Å². The van der Waals surface area contributed by atoms with Crippen LogP contribution in [0.3, 0.4) is 0 Å². The van der Waals surface area contributed by atoms with Crippen LogP contribution in [0.5, 0.6) is 0 Å². The van der Waals surface area contributed by atoms with E-state index in [1.807, 2.05) is 7.05 Å². The van der Waals surface area contributed by atoms with Crippen molar-refractivity contribution in [1.82, 2.24) is 25.4 Å². The molecule has 0 saturated carbocycles. The van der Waals surface area contributed by atoms with Gasteiger partial charge in [0.25, 0.3) is 0 Å². The molecule has 0 fully saturated rings. The molecule has 1 unspecified atom stereocenters. The minimum Gasteiger partial charge on any atom is -0.366 e. The van der Waals surface area contributed by atoms with E-state index in [9.17, 15) is 0 Å². The normalized spacial score (nSPS) is 15.2. The summed E-state index contributed by atoms with van der Waals surface area (Å²) in [5.41, 5.74) is 2.80. The van der Waals surface area contributed by atoms with E-state index in [0.717, 1.165) is 37.8 Å². The number of hydrogen-bond donors (Lipinski definition) is 2. The number of anilines is 1. The van der Waals surface area contributed by atoms with Gasteiger partial charge >= 0.3 is 0 Å². The lowest BCUT2D eigenvalue weighted by Crippen LogP contribution is -2.45. The Kier molecular flexibility index (Phi) is 5.53. The minimum absolute atomic E-state index is 0.391. The lowest BCUT2D eigenvalue weighted by atomic mass is 10.2. The Morgan fingerprint density at radius 3 is 2.92 bits per heavy atom. The molecule has 7 heteroatoms. The van der Waals surface area contributed by atoms with Gasteiger partial charge in [0.1, 0.15) is 18.7 Å². The minimum atomic E-state index is 0.391. The highest BCUT2D eigenvalue weighted by atomic mass is 15.3. The van der Waals surface area contributed by atoms with Crippen LogP contribution < -0.4 is 15.5 Å². The van der Waals surface area contributed by atoms with Gasteiger partial charge in [-0.25, -0.2) is 9.98 Å². The van der Waals surface area contributed by atoms with Gasteiger partial charge in [0, 0.05) is 38.4 Å². The van der Waals surface area contributed by atoms with Gasteiger partial charge in [0.05, 0.1) is 0 Å². The van der Waals surface area contributed by atoms with Gasteiger partial charge in [0.2, 0.25) is 0 Å². The van der Waals surface area contributed by atoms with Gasteiger partial charge in [-0.2, -0.15) is 5.10 Å². The van der Waals surface area contributed by atoms with Crippen LogP contribution in [-0.4, -0.2) is 46.4 Å². The van der Waals surface area contributed by atoms with Crippen molar-refractivity contribution < 1.29 is 0 Å². The molecule has 1 aliphatic heterocycles. The van der Waals surface area contributed by atoms with Gasteiger partial charge < -0.3 is 15.5 Å². The molecule has 0 amide bonds. The molecule has 25 heavy (non-hydrogen) atoms. The van der Waals surface area contributed by atoms with Gasteiger partial charge in [-0.15, -0.1) is 0 Å². The summed E-state index contributed by atoms with van der Waals surface area (Å²) in [6.07, 6.45) is 2.68. The number of aliphatic imine (C=N–C) groups is 1. The Morgan fingerprint density at radius 1 is 1.32 bits per heavy atom. The third-order valence-corrected chi connectivity index (χ3v) is 4.55. The Balaban J connectivity index is 1.59. The summed E-state index contributed by atoms with van der Waals surface area (Å²) in [5, 5.41) is 10.8. The van der Waals surface area contributed by atoms with E-state index >= 15 is 0 Å². The smallest absolute Gasteiger partial charge is 0.191 e. The molecule has 0 bridgehead atoms. The second kappa shape index (κ2) is 8.00. The summed E-state index contributed by atoms with van der Waals surface area (Å²) >= 11 is 0. The summed E-state index contributed by atoms with van der Waals surface area (Å²) < 4.78 is 1.75. The van der Waals surface area contributed by atoms with Crippen LogP contribution in [0.2, 0.25) is 0 Å². The maximum Gasteiger partial charge on any atom is 0.191 e. The third kappa shape index (κ3) is 4.10.